The first-order valence-corrected chi connectivity index (χ1v) is 6.82. The summed E-state index contributed by atoms with van der Waals surface area (Å²) in [6, 6.07) is 13.4. The summed E-state index contributed by atoms with van der Waals surface area (Å²) in [6.45, 7) is 0.143. The van der Waals surface area contributed by atoms with Crippen molar-refractivity contribution in [1.29, 1.82) is 0 Å². The monoisotopic (exact) mass is 297 g/mol. The maximum atomic E-state index is 12.5. The number of carbonyl (C=O) groups is 1. The molecule has 0 saturated carbocycles. The first kappa shape index (κ1) is 14.1. The number of hydrogen-bond acceptors (Lipinski definition) is 4. The first-order valence-electron chi connectivity index (χ1n) is 6.82. The Labute approximate surface area is 127 Å². The van der Waals surface area contributed by atoms with Crippen molar-refractivity contribution >= 4 is 16.7 Å². The van der Waals surface area contributed by atoms with Crippen LogP contribution in [0.5, 0.6) is 5.95 Å². The van der Waals surface area contributed by atoms with Gasteiger partial charge in [-0.25, -0.2) is 0 Å². The summed E-state index contributed by atoms with van der Waals surface area (Å²) in [5.74, 6) is -0.688. The van der Waals surface area contributed by atoms with Gasteiger partial charge in [-0.05, 0) is 22.9 Å². The van der Waals surface area contributed by atoms with Gasteiger partial charge < -0.3 is 14.5 Å². The molecule has 0 aliphatic rings. The molecule has 2 aromatic carbocycles. The fraction of sp³-hybridized carbons (Fsp3) is 0.188. The zero-order chi connectivity index (χ0) is 15.7. The summed E-state index contributed by atoms with van der Waals surface area (Å²) in [5.41, 5.74) is 0.907. The number of benzene rings is 2. The van der Waals surface area contributed by atoms with Gasteiger partial charge in [0, 0.05) is 12.6 Å². The van der Waals surface area contributed by atoms with Crippen molar-refractivity contribution in [2.75, 3.05) is 7.05 Å². The molecule has 0 radical (unpaired) electrons. The van der Waals surface area contributed by atoms with Gasteiger partial charge in [0.1, 0.15) is 6.54 Å². The quantitative estimate of drug-likeness (QED) is 0.676. The van der Waals surface area contributed by atoms with Crippen LogP contribution in [0.15, 0.2) is 47.0 Å². The molecule has 0 aliphatic carbocycles. The summed E-state index contributed by atoms with van der Waals surface area (Å²) in [7, 11) is 3.25. The fourth-order valence-corrected chi connectivity index (χ4v) is 2.34. The molecule has 0 spiro atoms. The molecule has 6 nitrogen and oxygen atoms in total. The van der Waals surface area contributed by atoms with E-state index in [1.165, 1.54) is 9.58 Å². The number of aryl methyl sites for hydroxylation is 1. The summed E-state index contributed by atoms with van der Waals surface area (Å²) in [4.78, 5) is 14.0. The van der Waals surface area contributed by atoms with Crippen molar-refractivity contribution in [3.8, 4) is 5.95 Å². The minimum absolute atomic E-state index is 0.143. The molecule has 0 unspecified atom stereocenters. The van der Waals surface area contributed by atoms with E-state index in [1.807, 2.05) is 36.4 Å². The molecular formula is C16H15N3O3. The number of hydrogen-bond donors (Lipinski definition) is 0. The Morgan fingerprint density at radius 3 is 2.68 bits per heavy atom. The van der Waals surface area contributed by atoms with Gasteiger partial charge in [-0.15, -0.1) is 0 Å². The van der Waals surface area contributed by atoms with Gasteiger partial charge in [0.25, 0.3) is 11.6 Å². The average molecular weight is 297 g/mol. The second-order valence-electron chi connectivity index (χ2n) is 5.15. The van der Waals surface area contributed by atoms with E-state index in [2.05, 4.69) is 9.79 Å². The Morgan fingerprint density at radius 1 is 1.27 bits per heavy atom. The van der Waals surface area contributed by atoms with E-state index >= 15 is 0 Å². The van der Waals surface area contributed by atoms with Gasteiger partial charge in [-0.3, -0.25) is 4.79 Å². The van der Waals surface area contributed by atoms with E-state index in [4.69, 9.17) is 0 Å². The van der Waals surface area contributed by atoms with E-state index < -0.39 is 5.95 Å². The van der Waals surface area contributed by atoms with Crippen molar-refractivity contribution in [3.05, 3.63) is 53.7 Å². The summed E-state index contributed by atoms with van der Waals surface area (Å²) >= 11 is 0. The Morgan fingerprint density at radius 2 is 2.00 bits per heavy atom. The number of nitrogens with zero attached hydrogens (tertiary/aromatic N) is 3. The zero-order valence-electron chi connectivity index (χ0n) is 12.3. The number of aromatic nitrogens is 2. The molecule has 0 atom stereocenters. The van der Waals surface area contributed by atoms with Crippen LogP contribution in [0.3, 0.4) is 0 Å². The van der Waals surface area contributed by atoms with Crippen LogP contribution in [0.1, 0.15) is 16.1 Å². The highest BCUT2D eigenvalue weighted by Crippen LogP contribution is 2.17. The lowest BCUT2D eigenvalue weighted by Crippen LogP contribution is -2.38. The van der Waals surface area contributed by atoms with Gasteiger partial charge in [0.15, 0.2) is 13.0 Å². The molecule has 1 aromatic heterocycles. The topological polar surface area (TPSA) is 73.3 Å². The molecule has 0 saturated heterocycles. The number of carbonyl (C=O) groups excluding carboxylic acids is 1. The Bertz CT molecular complexity index is 822. The van der Waals surface area contributed by atoms with Gasteiger partial charge in [-0.1, -0.05) is 35.0 Å². The third-order valence-corrected chi connectivity index (χ3v) is 3.60. The highest BCUT2D eigenvalue weighted by Gasteiger charge is 2.20. The molecule has 0 bridgehead atoms. The third-order valence-electron chi connectivity index (χ3n) is 3.60. The predicted molar refractivity (Wildman–Crippen MR) is 76.9 cm³/mol. The number of fused-ring (bicyclic) bond motifs is 1. The van der Waals surface area contributed by atoms with Crippen LogP contribution in [0.25, 0.3) is 10.8 Å². The van der Waals surface area contributed by atoms with E-state index in [1.54, 1.807) is 20.2 Å². The normalized spacial score (nSPS) is 10.8. The maximum absolute atomic E-state index is 12.5. The van der Waals surface area contributed by atoms with E-state index in [0.29, 0.717) is 11.3 Å². The van der Waals surface area contributed by atoms with E-state index in [-0.39, 0.29) is 12.5 Å². The molecule has 22 heavy (non-hydrogen) atoms. The predicted octanol–water partition coefficient (Wildman–Crippen LogP) is 0.998. The molecule has 0 N–H and O–H groups in total. The Hall–Kier alpha value is -2.89. The van der Waals surface area contributed by atoms with E-state index in [9.17, 15) is 9.90 Å². The largest absolute Gasteiger partial charge is 0.539 e. The molecule has 3 aromatic rings. The minimum Gasteiger partial charge on any atom is -0.539 e. The molecular weight excluding hydrogens is 282 g/mol. The van der Waals surface area contributed by atoms with Crippen molar-refractivity contribution < 1.29 is 19.1 Å². The van der Waals surface area contributed by atoms with Crippen LogP contribution in [0, 0.1) is 0 Å². The summed E-state index contributed by atoms with van der Waals surface area (Å²) in [6.07, 6.45) is 0. The van der Waals surface area contributed by atoms with Crippen molar-refractivity contribution in [1.82, 2.24) is 10.2 Å². The second-order valence-corrected chi connectivity index (χ2v) is 5.15. The van der Waals surface area contributed by atoms with E-state index in [0.717, 1.165) is 10.8 Å². The van der Waals surface area contributed by atoms with Crippen LogP contribution in [-0.4, -0.2) is 23.1 Å². The summed E-state index contributed by atoms with van der Waals surface area (Å²) < 4.78 is 5.90. The second kappa shape index (κ2) is 5.48. The molecule has 3 rings (SSSR count). The zero-order valence-corrected chi connectivity index (χ0v) is 12.3. The lowest BCUT2D eigenvalue weighted by atomic mass is 10.1. The summed E-state index contributed by atoms with van der Waals surface area (Å²) in [5, 5.41) is 17.1. The van der Waals surface area contributed by atoms with Crippen molar-refractivity contribution in [3.63, 3.8) is 0 Å². The lowest BCUT2D eigenvalue weighted by molar-refractivity contribution is -0.746. The highest BCUT2D eigenvalue weighted by atomic mass is 16.6. The molecule has 0 fully saturated rings. The molecule has 0 aliphatic heterocycles. The molecule has 1 amide bonds. The lowest BCUT2D eigenvalue weighted by Gasteiger charge is -2.15. The average Bonchev–Trinajstić information content (AvgIpc) is 2.85. The smallest absolute Gasteiger partial charge is 0.254 e. The first-order chi connectivity index (χ1) is 10.6. The van der Waals surface area contributed by atoms with Crippen molar-refractivity contribution in [2.24, 2.45) is 7.05 Å². The van der Waals surface area contributed by atoms with Crippen molar-refractivity contribution in [2.45, 2.75) is 6.54 Å². The van der Waals surface area contributed by atoms with Gasteiger partial charge in [0.05, 0.1) is 5.27 Å². The van der Waals surface area contributed by atoms with Crippen LogP contribution in [-0.2, 0) is 13.6 Å². The van der Waals surface area contributed by atoms with Crippen LogP contribution in [0.2, 0.25) is 0 Å². The number of rotatable bonds is 3. The fourth-order valence-electron chi connectivity index (χ4n) is 2.34. The molecule has 112 valence electrons. The van der Waals surface area contributed by atoms with Gasteiger partial charge >= 0.3 is 0 Å². The van der Waals surface area contributed by atoms with Crippen LogP contribution >= 0.6 is 0 Å². The number of amides is 1. The minimum atomic E-state index is -0.527. The third kappa shape index (κ3) is 2.50. The highest BCUT2D eigenvalue weighted by molar-refractivity contribution is 5.98. The molecule has 6 heteroatoms. The standard InChI is InChI=1S/C16H15N3O3/c1-18(10-14-16(21)22-17-19(14)2)15(20)13-8-7-11-5-3-4-6-12(11)9-13/h3-9H,10H2,1-2H3. The van der Waals surface area contributed by atoms with Crippen LogP contribution < -0.4 is 9.79 Å². The Balaban J connectivity index is 1.85. The van der Waals surface area contributed by atoms with Gasteiger partial charge in [-0.2, -0.15) is 0 Å². The SMILES string of the molecule is CN(Cc1c([O-])on[n+]1C)C(=O)c1ccc2ccccc2c1. The van der Waals surface area contributed by atoms with Gasteiger partial charge in [0.2, 0.25) is 0 Å². The maximum Gasteiger partial charge on any atom is 0.254 e. The molecule has 1 heterocycles. The Kier molecular flexibility index (Phi) is 3.50. The van der Waals surface area contributed by atoms with Crippen LogP contribution in [0.4, 0.5) is 0 Å².